The van der Waals surface area contributed by atoms with Crippen LogP contribution in [0, 0.1) is 5.53 Å². The Hall–Kier alpha value is 0.109. The quantitative estimate of drug-likeness (QED) is 0.383. The zero-order valence-electron chi connectivity index (χ0n) is 4.89. The third kappa shape index (κ3) is 6.11. The summed E-state index contributed by atoms with van der Waals surface area (Å²) in [6.45, 7) is 0. The second-order valence-corrected chi connectivity index (χ2v) is 15.3. The normalized spacial score (nSPS) is 10.1. The molecule has 0 saturated carbocycles. The molecule has 0 saturated heterocycles. The van der Waals surface area contributed by atoms with Crippen LogP contribution in [0.2, 0.25) is 14.8 Å². The molecule has 0 unspecified atom stereocenters. The van der Waals surface area contributed by atoms with Crippen LogP contribution in [0.3, 0.4) is 0 Å². The molecule has 0 aliphatic rings. The van der Waals surface area contributed by atoms with Crippen molar-refractivity contribution in [2.45, 2.75) is 14.8 Å². The molecule has 0 rings (SSSR count). The van der Waals surface area contributed by atoms with Gasteiger partial charge in [-0.3, -0.25) is 0 Å². The predicted octanol–water partition coefficient (Wildman–Crippen LogP) is 1.37. The van der Waals surface area contributed by atoms with Gasteiger partial charge in [0.2, 0.25) is 0 Å². The summed E-state index contributed by atoms with van der Waals surface area (Å²) in [6.07, 6.45) is 0. The van der Waals surface area contributed by atoms with Crippen LogP contribution in [0.5, 0.6) is 0 Å². The van der Waals surface area contributed by atoms with Crippen molar-refractivity contribution in [1.29, 1.82) is 5.53 Å². The minimum atomic E-state index is -2.00. The molecule has 40 valence electrons. The van der Waals surface area contributed by atoms with E-state index in [0.717, 1.165) is 0 Å². The van der Waals surface area contributed by atoms with E-state index in [4.69, 9.17) is 5.53 Å². The van der Waals surface area contributed by atoms with E-state index in [2.05, 4.69) is 23.1 Å². The zero-order chi connectivity index (χ0) is 5.91. The average Bonchev–Trinajstić information content (AvgIpc) is 1.30. The molecule has 0 aliphatic heterocycles. The van der Waals surface area contributed by atoms with Gasteiger partial charge in [-0.15, -0.1) is 0 Å². The third-order valence-corrected chi connectivity index (χ3v) is 2.35. The van der Waals surface area contributed by atoms with Crippen molar-refractivity contribution in [2.24, 2.45) is 3.34 Å². The summed E-state index contributed by atoms with van der Waals surface area (Å²) in [5, 5.41) is 0. The van der Waals surface area contributed by atoms with Gasteiger partial charge in [0, 0.05) is 0 Å². The molecule has 7 heavy (non-hydrogen) atoms. The Morgan fingerprint density at radius 1 is 1.43 bits per heavy atom. The van der Waals surface area contributed by atoms with Crippen molar-refractivity contribution in [2.75, 3.05) is 0 Å². The third-order valence-electron chi connectivity index (χ3n) is 0.350. The number of hydrogen-bond acceptors (Lipinski definition) is 2. The first-order chi connectivity index (χ1) is 3.06. The van der Waals surface area contributed by atoms with E-state index >= 15 is 0 Å². The summed E-state index contributed by atoms with van der Waals surface area (Å²) in [5.41, 5.74) is 6.37. The molecule has 0 atom stereocenters. The van der Waals surface area contributed by atoms with Gasteiger partial charge in [-0.1, -0.05) is 0 Å². The Kier molecular flexibility index (Phi) is 2.46. The molecule has 4 heteroatoms. The number of rotatable bonds is 1. The van der Waals surface area contributed by atoms with Crippen LogP contribution in [-0.2, 0) is 0 Å². The van der Waals surface area contributed by atoms with Gasteiger partial charge in [-0.2, -0.15) is 0 Å². The first kappa shape index (κ1) is 7.11. The van der Waals surface area contributed by atoms with Gasteiger partial charge in [0.15, 0.2) is 0 Å². The Balaban J connectivity index is 3.80. The van der Waals surface area contributed by atoms with Crippen LogP contribution >= 0.6 is 0 Å². The van der Waals surface area contributed by atoms with Gasteiger partial charge in [0.25, 0.3) is 0 Å². The number of nitrogens with one attached hydrogen (secondary N) is 1. The van der Waals surface area contributed by atoms with Crippen LogP contribution in [-0.4, -0.2) is 18.7 Å². The molecular weight excluding hydrogens is 197 g/mol. The van der Waals surface area contributed by atoms with Crippen LogP contribution in [0.4, 0.5) is 0 Å². The SMILES string of the molecule is [CH3][Sn]([CH3])([CH3])[N]=[N+]=N. The number of nitrogens with zero attached hydrogens (tertiary/aromatic N) is 2. The summed E-state index contributed by atoms with van der Waals surface area (Å²) in [7, 11) is 0. The van der Waals surface area contributed by atoms with Crippen molar-refractivity contribution in [1.82, 2.24) is 4.91 Å². The molecule has 0 heterocycles. The van der Waals surface area contributed by atoms with Gasteiger partial charge >= 0.3 is 47.2 Å². The Bertz CT molecular complexity index is 97.2. The molecule has 0 radical (unpaired) electrons. The van der Waals surface area contributed by atoms with Crippen molar-refractivity contribution in [3.05, 3.63) is 0 Å². The van der Waals surface area contributed by atoms with E-state index in [-0.39, 0.29) is 0 Å². The predicted molar refractivity (Wildman–Crippen MR) is 30.6 cm³/mol. The Morgan fingerprint density at radius 3 is 1.86 bits per heavy atom. The molecule has 0 fully saturated rings. The first-order valence-corrected chi connectivity index (χ1v) is 12.0. The van der Waals surface area contributed by atoms with E-state index in [1.807, 2.05) is 0 Å². The summed E-state index contributed by atoms with van der Waals surface area (Å²) < 4.78 is 3.76. The first-order valence-electron chi connectivity index (χ1n) is 2.15. The monoisotopic (exact) mass is 208 g/mol. The van der Waals surface area contributed by atoms with Gasteiger partial charge in [-0.25, -0.2) is 0 Å². The molecule has 0 spiro atoms. The van der Waals surface area contributed by atoms with E-state index in [9.17, 15) is 0 Å². The summed E-state index contributed by atoms with van der Waals surface area (Å²) in [5.74, 6) is 0. The van der Waals surface area contributed by atoms with Crippen LogP contribution in [0.25, 0.3) is 0 Å². The molecular formula is C3H10N3Sn+. The molecule has 0 aliphatic carbocycles. The molecule has 0 amide bonds. The van der Waals surface area contributed by atoms with Gasteiger partial charge in [0.1, 0.15) is 0 Å². The standard InChI is InChI=1S/3CH3.HN3.Sn/c;;;1-3-2;/h3*1H3;1H;/q;;;;+1. The van der Waals surface area contributed by atoms with E-state index < -0.39 is 18.7 Å². The molecule has 0 aromatic heterocycles. The van der Waals surface area contributed by atoms with Gasteiger partial charge < -0.3 is 0 Å². The average molecular weight is 207 g/mol. The number of hydrogen-bond donors (Lipinski definition) is 1. The fourth-order valence-corrected chi connectivity index (χ4v) is 1.01. The van der Waals surface area contributed by atoms with Crippen molar-refractivity contribution in [3.63, 3.8) is 0 Å². The maximum absolute atomic E-state index is 6.37. The molecule has 0 aromatic carbocycles. The maximum atomic E-state index is 6.37. The Morgan fingerprint density at radius 2 is 1.86 bits per heavy atom. The van der Waals surface area contributed by atoms with E-state index in [0.29, 0.717) is 0 Å². The molecule has 0 bridgehead atoms. The van der Waals surface area contributed by atoms with E-state index in [1.165, 1.54) is 0 Å². The Labute approximate surface area is 47.6 Å². The summed E-state index contributed by atoms with van der Waals surface area (Å²) >= 11 is -2.00. The van der Waals surface area contributed by atoms with Crippen LogP contribution in [0.15, 0.2) is 3.34 Å². The topological polar surface area (TPSA) is 50.3 Å². The van der Waals surface area contributed by atoms with Crippen LogP contribution in [0.1, 0.15) is 0 Å². The van der Waals surface area contributed by atoms with Crippen molar-refractivity contribution in [3.8, 4) is 0 Å². The fourth-order valence-electron chi connectivity index (χ4n) is 0.150. The zero-order valence-corrected chi connectivity index (χ0v) is 7.75. The van der Waals surface area contributed by atoms with Gasteiger partial charge in [0.05, 0.1) is 0 Å². The van der Waals surface area contributed by atoms with Crippen LogP contribution < -0.4 is 4.91 Å². The summed E-state index contributed by atoms with van der Waals surface area (Å²) in [6, 6.07) is 0. The molecule has 1 N–H and O–H groups in total. The molecule has 0 aromatic rings. The van der Waals surface area contributed by atoms with Crippen molar-refractivity contribution >= 4 is 18.7 Å². The molecule has 3 nitrogen and oxygen atoms in total. The van der Waals surface area contributed by atoms with Gasteiger partial charge in [-0.05, 0) is 0 Å². The second-order valence-electron chi connectivity index (χ2n) is 2.37. The van der Waals surface area contributed by atoms with E-state index in [1.54, 1.807) is 0 Å². The second kappa shape index (κ2) is 2.42. The van der Waals surface area contributed by atoms with Crippen molar-refractivity contribution < 1.29 is 0 Å². The fraction of sp³-hybridized carbons (Fsp3) is 1.00. The minimum absolute atomic E-state index is 2.00. The summed E-state index contributed by atoms with van der Waals surface area (Å²) in [4.78, 5) is 9.29.